The second-order valence-corrected chi connectivity index (χ2v) is 7.49. The van der Waals surface area contributed by atoms with Gasteiger partial charge in [-0.2, -0.15) is 0 Å². The molecule has 2 aromatic rings. The number of nitrogens with two attached hydrogens (primary N) is 1. The van der Waals surface area contributed by atoms with E-state index in [0.717, 1.165) is 5.56 Å². The molecule has 2 aromatic carbocycles. The molecule has 1 heterocycles. The van der Waals surface area contributed by atoms with Crippen molar-refractivity contribution in [1.82, 2.24) is 16.0 Å². The lowest BCUT2D eigenvalue weighted by atomic mass is 10.1. The number of carbonyl (C=O) groups excluding carboxylic acids is 2. The standard InChI is InChI=1S/C20H24N4O4S/c1-27-14-9-8-13(10-15(14)28-2)18(25)22-16-17(21)23-20(24-19(16)26)29-11-12-6-4-3-5-7-12/h3-10,16-17,20,23H,11,21H2,1-2H3,(H,22,25)(H,24,26). The van der Waals surface area contributed by atoms with Crippen LogP contribution in [0.5, 0.6) is 11.5 Å². The van der Waals surface area contributed by atoms with Crippen molar-refractivity contribution < 1.29 is 19.1 Å². The molecule has 0 spiro atoms. The maximum atomic E-state index is 12.6. The fourth-order valence-electron chi connectivity index (χ4n) is 2.90. The van der Waals surface area contributed by atoms with Crippen molar-refractivity contribution in [1.29, 1.82) is 0 Å². The van der Waals surface area contributed by atoms with Crippen LogP contribution in [0.3, 0.4) is 0 Å². The summed E-state index contributed by atoms with van der Waals surface area (Å²) in [7, 11) is 3.00. The minimum Gasteiger partial charge on any atom is -0.493 e. The first-order valence-electron chi connectivity index (χ1n) is 9.02. The molecule has 154 valence electrons. The van der Waals surface area contributed by atoms with E-state index >= 15 is 0 Å². The summed E-state index contributed by atoms with van der Waals surface area (Å²) in [4.78, 5) is 25.1. The van der Waals surface area contributed by atoms with Crippen LogP contribution in [0, 0.1) is 0 Å². The second kappa shape index (κ2) is 9.64. The van der Waals surface area contributed by atoms with Crippen molar-refractivity contribution in [3.63, 3.8) is 0 Å². The lowest BCUT2D eigenvalue weighted by Crippen LogP contribution is -2.70. The van der Waals surface area contributed by atoms with E-state index in [2.05, 4.69) is 16.0 Å². The first kappa shape index (κ1) is 21.0. The maximum absolute atomic E-state index is 12.6. The average molecular weight is 417 g/mol. The molecule has 0 aromatic heterocycles. The van der Waals surface area contributed by atoms with Gasteiger partial charge in [-0.1, -0.05) is 30.3 Å². The Bertz CT molecular complexity index is 865. The monoisotopic (exact) mass is 416 g/mol. The highest BCUT2D eigenvalue weighted by molar-refractivity contribution is 7.99. The van der Waals surface area contributed by atoms with Crippen molar-refractivity contribution in [3.05, 3.63) is 59.7 Å². The van der Waals surface area contributed by atoms with Gasteiger partial charge in [0.2, 0.25) is 5.91 Å². The van der Waals surface area contributed by atoms with E-state index in [-0.39, 0.29) is 11.4 Å². The molecule has 1 fully saturated rings. The molecule has 0 aliphatic carbocycles. The van der Waals surface area contributed by atoms with Crippen molar-refractivity contribution in [2.45, 2.75) is 23.5 Å². The molecule has 5 N–H and O–H groups in total. The molecule has 29 heavy (non-hydrogen) atoms. The van der Waals surface area contributed by atoms with Crippen LogP contribution >= 0.6 is 11.8 Å². The number of ether oxygens (including phenoxy) is 2. The van der Waals surface area contributed by atoms with E-state index in [9.17, 15) is 9.59 Å². The third-order valence-electron chi connectivity index (χ3n) is 4.45. The topological polar surface area (TPSA) is 115 Å². The van der Waals surface area contributed by atoms with Crippen LogP contribution in [0.25, 0.3) is 0 Å². The molecule has 1 saturated heterocycles. The average Bonchev–Trinajstić information content (AvgIpc) is 2.74. The number of nitrogens with one attached hydrogen (secondary N) is 3. The zero-order valence-electron chi connectivity index (χ0n) is 16.2. The van der Waals surface area contributed by atoms with Gasteiger partial charge in [-0.05, 0) is 23.8 Å². The molecule has 3 unspecified atom stereocenters. The van der Waals surface area contributed by atoms with Gasteiger partial charge in [-0.15, -0.1) is 11.8 Å². The highest BCUT2D eigenvalue weighted by Gasteiger charge is 2.35. The molecule has 1 aliphatic rings. The van der Waals surface area contributed by atoms with Gasteiger partial charge in [0.1, 0.15) is 11.5 Å². The van der Waals surface area contributed by atoms with Gasteiger partial charge in [0, 0.05) is 11.3 Å². The number of methoxy groups -OCH3 is 2. The van der Waals surface area contributed by atoms with Crippen molar-refractivity contribution in [2.75, 3.05) is 14.2 Å². The van der Waals surface area contributed by atoms with Crippen LogP contribution < -0.4 is 31.2 Å². The molecule has 3 atom stereocenters. The largest absolute Gasteiger partial charge is 0.493 e. The number of hydrogen-bond donors (Lipinski definition) is 4. The van der Waals surface area contributed by atoms with Crippen LogP contribution in [-0.2, 0) is 10.5 Å². The Balaban J connectivity index is 1.59. The zero-order chi connectivity index (χ0) is 20.8. The highest BCUT2D eigenvalue weighted by atomic mass is 32.2. The molecule has 3 rings (SSSR count). The molecule has 2 amide bonds. The number of rotatable bonds is 7. The summed E-state index contributed by atoms with van der Waals surface area (Å²) >= 11 is 1.52. The van der Waals surface area contributed by atoms with E-state index in [0.29, 0.717) is 22.8 Å². The Morgan fingerprint density at radius 2 is 1.86 bits per heavy atom. The Labute approximate surface area is 173 Å². The fourth-order valence-corrected chi connectivity index (χ4v) is 3.90. The summed E-state index contributed by atoms with van der Waals surface area (Å²) in [5, 5.41) is 8.63. The SMILES string of the molecule is COc1ccc(C(=O)NC2C(=O)NC(SCc3ccccc3)NC2N)cc1OC. The quantitative estimate of drug-likeness (QED) is 0.533. The van der Waals surface area contributed by atoms with Crippen molar-refractivity contribution >= 4 is 23.6 Å². The maximum Gasteiger partial charge on any atom is 0.252 e. The van der Waals surface area contributed by atoms with Crippen molar-refractivity contribution in [2.24, 2.45) is 5.73 Å². The third-order valence-corrected chi connectivity index (χ3v) is 5.54. The minimum absolute atomic E-state index is 0.336. The minimum atomic E-state index is -0.899. The molecular weight excluding hydrogens is 392 g/mol. The molecule has 0 bridgehead atoms. The summed E-state index contributed by atoms with van der Waals surface area (Å²) in [6.45, 7) is 0. The Hall–Kier alpha value is -2.75. The lowest BCUT2D eigenvalue weighted by molar-refractivity contribution is -0.125. The van der Waals surface area contributed by atoms with E-state index < -0.39 is 18.1 Å². The number of amides is 2. The first-order valence-corrected chi connectivity index (χ1v) is 10.1. The van der Waals surface area contributed by atoms with Gasteiger partial charge >= 0.3 is 0 Å². The second-order valence-electron chi connectivity index (χ2n) is 6.40. The van der Waals surface area contributed by atoms with E-state index in [1.807, 2.05) is 30.3 Å². The van der Waals surface area contributed by atoms with E-state index in [4.69, 9.17) is 15.2 Å². The number of thioether (sulfide) groups is 1. The Morgan fingerprint density at radius 3 is 2.52 bits per heavy atom. The molecular formula is C20H24N4O4S. The smallest absolute Gasteiger partial charge is 0.252 e. The predicted octanol–water partition coefficient (Wildman–Crippen LogP) is 1.02. The summed E-state index contributed by atoms with van der Waals surface area (Å²) in [6.07, 6.45) is -0.721. The zero-order valence-corrected chi connectivity index (χ0v) is 17.0. The van der Waals surface area contributed by atoms with Crippen molar-refractivity contribution in [3.8, 4) is 11.5 Å². The molecule has 0 saturated carbocycles. The fraction of sp³-hybridized carbons (Fsp3) is 0.300. The predicted molar refractivity (Wildman–Crippen MR) is 112 cm³/mol. The van der Waals surface area contributed by atoms with Gasteiger partial charge < -0.3 is 25.8 Å². The third kappa shape index (κ3) is 5.20. The summed E-state index contributed by atoms with van der Waals surface area (Å²) < 4.78 is 10.4. The van der Waals surface area contributed by atoms with Gasteiger partial charge in [0.15, 0.2) is 11.5 Å². The first-order chi connectivity index (χ1) is 14.0. The van der Waals surface area contributed by atoms with Gasteiger partial charge in [0.25, 0.3) is 5.91 Å². The molecule has 1 aliphatic heterocycles. The van der Waals surface area contributed by atoms with Crippen LogP contribution in [0.2, 0.25) is 0 Å². The molecule has 0 radical (unpaired) electrons. The highest BCUT2D eigenvalue weighted by Crippen LogP contribution is 2.27. The Morgan fingerprint density at radius 1 is 1.14 bits per heavy atom. The summed E-state index contributed by atoms with van der Waals surface area (Å²) in [5.41, 5.74) is 7.25. The van der Waals surface area contributed by atoms with Crippen LogP contribution in [-0.4, -0.2) is 43.7 Å². The van der Waals surface area contributed by atoms with E-state index in [1.54, 1.807) is 18.2 Å². The van der Waals surface area contributed by atoms with Crippen LogP contribution in [0.1, 0.15) is 15.9 Å². The van der Waals surface area contributed by atoms with Gasteiger partial charge in [-0.3, -0.25) is 14.9 Å². The number of benzene rings is 2. The van der Waals surface area contributed by atoms with Gasteiger partial charge in [-0.25, -0.2) is 0 Å². The van der Waals surface area contributed by atoms with E-state index in [1.165, 1.54) is 26.0 Å². The van der Waals surface area contributed by atoms with Crippen LogP contribution in [0.4, 0.5) is 0 Å². The summed E-state index contributed by atoms with van der Waals surface area (Å²) in [6, 6.07) is 13.8. The van der Waals surface area contributed by atoms with Crippen LogP contribution in [0.15, 0.2) is 48.5 Å². The normalized spacial score (nSPS) is 21.2. The number of hydrogen-bond acceptors (Lipinski definition) is 7. The number of carbonyl (C=O) groups is 2. The molecule has 9 heteroatoms. The lowest BCUT2D eigenvalue weighted by Gasteiger charge is -2.35. The Kier molecular flexibility index (Phi) is 6.97. The van der Waals surface area contributed by atoms with Gasteiger partial charge in [0.05, 0.1) is 20.4 Å². The molecule has 8 nitrogen and oxygen atoms in total. The summed E-state index contributed by atoms with van der Waals surface area (Å²) in [5.74, 6) is 0.882.